The second-order valence-corrected chi connectivity index (χ2v) is 8.10. The van der Waals surface area contributed by atoms with E-state index in [1.54, 1.807) is 22.0 Å². The zero-order valence-corrected chi connectivity index (χ0v) is 17.5. The van der Waals surface area contributed by atoms with Crippen LogP contribution in [0.4, 0.5) is 5.69 Å². The molecule has 1 atom stereocenters. The maximum Gasteiger partial charge on any atom is 0.222 e. The molecule has 4 aromatic rings. The normalized spacial score (nSPS) is 16.4. The summed E-state index contributed by atoms with van der Waals surface area (Å²) in [4.78, 5) is 31.5. The van der Waals surface area contributed by atoms with Gasteiger partial charge in [0, 0.05) is 73.1 Å². The minimum atomic E-state index is -0.0509. The summed E-state index contributed by atoms with van der Waals surface area (Å²) < 4.78 is 1.73. The fourth-order valence-corrected chi connectivity index (χ4v) is 4.18. The van der Waals surface area contributed by atoms with Crippen molar-refractivity contribution in [3.8, 4) is 11.1 Å². The Labute approximate surface area is 179 Å². The number of likely N-dealkylation sites (tertiary alicyclic amines) is 1. The van der Waals surface area contributed by atoms with E-state index in [2.05, 4.69) is 15.4 Å². The molecule has 0 spiro atoms. The molecule has 7 heteroatoms. The maximum absolute atomic E-state index is 13.4. The first-order chi connectivity index (χ1) is 15.0. The highest BCUT2D eigenvalue weighted by Gasteiger charge is 2.27. The van der Waals surface area contributed by atoms with Crippen LogP contribution in [0.25, 0.3) is 32.8 Å². The molecule has 156 valence electrons. The average molecular weight is 413 g/mol. The van der Waals surface area contributed by atoms with Crippen LogP contribution in [-0.2, 0) is 11.8 Å². The molecule has 7 nitrogen and oxygen atoms in total. The Hall–Kier alpha value is -3.74. The highest BCUT2D eigenvalue weighted by Crippen LogP contribution is 2.23. The van der Waals surface area contributed by atoms with Crippen molar-refractivity contribution in [1.82, 2.24) is 19.7 Å². The van der Waals surface area contributed by atoms with Gasteiger partial charge >= 0.3 is 0 Å². The second-order valence-electron chi connectivity index (χ2n) is 8.10. The van der Waals surface area contributed by atoms with Gasteiger partial charge in [0.15, 0.2) is 5.43 Å². The van der Waals surface area contributed by atoms with Gasteiger partial charge in [0.2, 0.25) is 5.91 Å². The molecular weight excluding hydrogens is 390 g/mol. The number of aromatic nitrogens is 3. The van der Waals surface area contributed by atoms with Crippen molar-refractivity contribution in [2.24, 2.45) is 7.05 Å². The fourth-order valence-electron chi connectivity index (χ4n) is 4.18. The van der Waals surface area contributed by atoms with Gasteiger partial charge in [-0.2, -0.15) is 5.10 Å². The smallest absolute Gasteiger partial charge is 0.222 e. The summed E-state index contributed by atoms with van der Waals surface area (Å²) in [5.74, 6) is 0.183. The number of pyridine rings is 1. The van der Waals surface area contributed by atoms with E-state index < -0.39 is 0 Å². The Balaban J connectivity index is 1.54. The molecule has 1 fully saturated rings. The topological polar surface area (TPSA) is 80.1 Å². The standard InChI is InChI=1S/C24H23N5O2/c1-28-14-17(12-27-28)16-9-21-22(26-11-16)7-4-15-3-5-18(10-20(15)24(21)31)25-13-19-6-8-23(30)29(19)2/h3-5,7,9-12,14,19,25H,6,8,13H2,1-2H3. The SMILES string of the molecule is CN1C(=O)CCC1CNc1ccc2ccc3ncc(-c4cnn(C)c4)cc3c(=O)c2c1. The first-order valence-electron chi connectivity index (χ1n) is 10.3. The third-order valence-electron chi connectivity index (χ3n) is 6.09. The largest absolute Gasteiger partial charge is 0.383 e. The minimum absolute atomic E-state index is 0.0509. The maximum atomic E-state index is 13.4. The average Bonchev–Trinajstić information content (AvgIpc) is 3.32. The number of hydrogen-bond donors (Lipinski definition) is 1. The molecule has 31 heavy (non-hydrogen) atoms. The van der Waals surface area contributed by atoms with Gasteiger partial charge in [-0.05, 0) is 36.1 Å². The first kappa shape index (κ1) is 19.2. The molecule has 0 radical (unpaired) electrons. The van der Waals surface area contributed by atoms with Crippen LogP contribution in [0, 0.1) is 0 Å². The molecule has 5 rings (SSSR count). The number of likely N-dealkylation sites (N-methyl/N-ethyl adjacent to an activating group) is 1. The summed E-state index contributed by atoms with van der Waals surface area (Å²) in [5.41, 5.74) is 3.26. The van der Waals surface area contributed by atoms with Gasteiger partial charge in [-0.15, -0.1) is 0 Å². The molecule has 0 aliphatic carbocycles. The van der Waals surface area contributed by atoms with E-state index in [0.717, 1.165) is 28.6 Å². The lowest BCUT2D eigenvalue weighted by molar-refractivity contribution is -0.127. The zero-order valence-electron chi connectivity index (χ0n) is 17.5. The molecule has 2 aromatic carbocycles. The number of nitrogens with one attached hydrogen (secondary N) is 1. The van der Waals surface area contributed by atoms with Crippen molar-refractivity contribution < 1.29 is 4.79 Å². The Bertz CT molecular complexity index is 1380. The van der Waals surface area contributed by atoms with Crippen molar-refractivity contribution >= 4 is 33.3 Å². The van der Waals surface area contributed by atoms with Gasteiger partial charge in [0.1, 0.15) is 0 Å². The number of nitrogens with zero attached hydrogens (tertiary/aromatic N) is 4. The Morgan fingerprint density at radius 2 is 1.87 bits per heavy atom. The fraction of sp³-hybridized carbons (Fsp3) is 0.250. The van der Waals surface area contributed by atoms with Crippen molar-refractivity contribution in [1.29, 1.82) is 0 Å². The lowest BCUT2D eigenvalue weighted by Gasteiger charge is -2.20. The molecule has 1 unspecified atom stereocenters. The second kappa shape index (κ2) is 7.50. The van der Waals surface area contributed by atoms with Crippen LogP contribution in [-0.4, -0.2) is 45.2 Å². The third-order valence-corrected chi connectivity index (χ3v) is 6.09. The summed E-state index contributed by atoms with van der Waals surface area (Å²) in [5, 5.41) is 9.69. The number of fused-ring (bicyclic) bond motifs is 2. The van der Waals surface area contributed by atoms with Crippen molar-refractivity contribution in [2.75, 3.05) is 18.9 Å². The van der Waals surface area contributed by atoms with Gasteiger partial charge in [-0.25, -0.2) is 0 Å². The van der Waals surface area contributed by atoms with Crippen molar-refractivity contribution in [3.05, 3.63) is 65.2 Å². The van der Waals surface area contributed by atoms with E-state index in [1.807, 2.05) is 56.7 Å². The van der Waals surface area contributed by atoms with E-state index in [1.165, 1.54) is 0 Å². The number of anilines is 1. The van der Waals surface area contributed by atoms with Crippen LogP contribution in [0.15, 0.2) is 59.8 Å². The lowest BCUT2D eigenvalue weighted by Crippen LogP contribution is -2.34. The molecular formula is C24H23N5O2. The van der Waals surface area contributed by atoms with Crippen LogP contribution < -0.4 is 10.7 Å². The number of rotatable bonds is 4. The number of aryl methyl sites for hydroxylation is 1. The Morgan fingerprint density at radius 3 is 2.61 bits per heavy atom. The molecule has 3 heterocycles. The summed E-state index contributed by atoms with van der Waals surface area (Å²) in [6, 6.07) is 11.7. The predicted octanol–water partition coefficient (Wildman–Crippen LogP) is 3.18. The van der Waals surface area contributed by atoms with Gasteiger partial charge in [-0.3, -0.25) is 19.3 Å². The minimum Gasteiger partial charge on any atom is -0.383 e. The quantitative estimate of drug-likeness (QED) is 0.556. The van der Waals surface area contributed by atoms with Gasteiger partial charge in [-0.1, -0.05) is 12.1 Å². The number of amides is 1. The number of carbonyl (C=O) groups is 1. The monoisotopic (exact) mass is 413 g/mol. The highest BCUT2D eigenvalue weighted by atomic mass is 16.2. The van der Waals surface area contributed by atoms with Crippen LogP contribution in [0.5, 0.6) is 0 Å². The van der Waals surface area contributed by atoms with E-state index in [4.69, 9.17) is 0 Å². The summed E-state index contributed by atoms with van der Waals surface area (Å²) in [7, 11) is 3.70. The molecule has 1 aliphatic heterocycles. The van der Waals surface area contributed by atoms with Crippen molar-refractivity contribution in [2.45, 2.75) is 18.9 Å². The van der Waals surface area contributed by atoms with E-state index >= 15 is 0 Å². The van der Waals surface area contributed by atoms with E-state index in [9.17, 15) is 9.59 Å². The van der Waals surface area contributed by atoms with Crippen LogP contribution in [0.3, 0.4) is 0 Å². The summed E-state index contributed by atoms with van der Waals surface area (Å²) in [6.07, 6.45) is 6.89. The predicted molar refractivity (Wildman–Crippen MR) is 122 cm³/mol. The lowest BCUT2D eigenvalue weighted by atomic mass is 10.1. The van der Waals surface area contributed by atoms with Gasteiger partial charge < -0.3 is 10.2 Å². The number of hydrogen-bond acceptors (Lipinski definition) is 5. The highest BCUT2D eigenvalue weighted by molar-refractivity contribution is 5.94. The molecule has 1 N–H and O–H groups in total. The Morgan fingerprint density at radius 1 is 1.03 bits per heavy atom. The Kier molecular flexibility index (Phi) is 4.66. The van der Waals surface area contributed by atoms with E-state index in [-0.39, 0.29) is 17.4 Å². The van der Waals surface area contributed by atoms with E-state index in [0.29, 0.717) is 29.3 Å². The molecule has 1 aliphatic rings. The molecule has 0 saturated carbocycles. The number of benzene rings is 1. The summed E-state index contributed by atoms with van der Waals surface area (Å²) >= 11 is 0. The molecule has 2 aromatic heterocycles. The van der Waals surface area contributed by atoms with Gasteiger partial charge in [0.05, 0.1) is 11.7 Å². The first-order valence-corrected chi connectivity index (χ1v) is 10.3. The summed E-state index contributed by atoms with van der Waals surface area (Å²) in [6.45, 7) is 0.661. The molecule has 1 saturated heterocycles. The number of carbonyl (C=O) groups excluding carboxylic acids is 1. The van der Waals surface area contributed by atoms with Crippen LogP contribution in [0.2, 0.25) is 0 Å². The third kappa shape index (κ3) is 3.52. The molecule has 0 bridgehead atoms. The molecule has 1 amide bonds. The van der Waals surface area contributed by atoms with Crippen LogP contribution >= 0.6 is 0 Å². The van der Waals surface area contributed by atoms with Crippen molar-refractivity contribution in [3.63, 3.8) is 0 Å². The zero-order chi connectivity index (χ0) is 21.5. The van der Waals surface area contributed by atoms with Gasteiger partial charge in [0.25, 0.3) is 0 Å². The van der Waals surface area contributed by atoms with Crippen LogP contribution in [0.1, 0.15) is 12.8 Å².